The Morgan fingerprint density at radius 2 is 2.00 bits per heavy atom. The molecule has 2 aliphatic rings. The number of pyridine rings is 2. The highest BCUT2D eigenvalue weighted by Gasteiger charge is 2.45. The average Bonchev–Trinajstić information content (AvgIpc) is 3.26. The van der Waals surface area contributed by atoms with Gasteiger partial charge in [0.1, 0.15) is 5.82 Å². The van der Waals surface area contributed by atoms with Crippen molar-refractivity contribution in [2.45, 2.75) is 31.3 Å². The third-order valence-corrected chi connectivity index (χ3v) is 6.04. The predicted octanol–water partition coefficient (Wildman–Crippen LogP) is 2.18. The molecular weight excluding hydrogens is 399 g/mol. The van der Waals surface area contributed by atoms with Gasteiger partial charge in [-0.3, -0.25) is 9.78 Å². The van der Waals surface area contributed by atoms with Crippen molar-refractivity contribution in [1.29, 1.82) is 0 Å². The molecule has 31 heavy (non-hydrogen) atoms. The number of nitrogens with zero attached hydrogens (tertiary/aromatic N) is 4. The standard InChI is InChI=1S/C21H23FN8O/c22-16-8-15(19(24)31)20(27-13-7-14(10-25-9-13)30-3-1-2-26-30)29-21(16)28-18-6-12-4-11(12)5-17(18)23/h1-3,7-12,17-18H,4-6,23H2,(H2,24,31)(H2,27,28,29)/t11?,12?,17-,18-/m1/s1. The normalized spacial score (nSPS) is 24.3. The van der Waals surface area contributed by atoms with Crippen molar-refractivity contribution in [2.75, 3.05) is 10.6 Å². The van der Waals surface area contributed by atoms with Gasteiger partial charge >= 0.3 is 0 Å². The van der Waals surface area contributed by atoms with Gasteiger partial charge in [-0.25, -0.2) is 14.1 Å². The van der Waals surface area contributed by atoms with E-state index in [-0.39, 0.29) is 29.3 Å². The van der Waals surface area contributed by atoms with Crippen molar-refractivity contribution in [1.82, 2.24) is 19.7 Å². The topological polar surface area (TPSA) is 137 Å². The zero-order valence-corrected chi connectivity index (χ0v) is 16.7. The van der Waals surface area contributed by atoms with Gasteiger partial charge in [-0.15, -0.1) is 0 Å². The van der Waals surface area contributed by atoms with Crippen LogP contribution in [0.1, 0.15) is 29.6 Å². The first-order valence-corrected chi connectivity index (χ1v) is 10.2. The van der Waals surface area contributed by atoms with E-state index in [1.807, 2.05) is 0 Å². The molecule has 160 valence electrons. The Morgan fingerprint density at radius 3 is 2.77 bits per heavy atom. The molecule has 2 unspecified atom stereocenters. The molecule has 4 atom stereocenters. The van der Waals surface area contributed by atoms with E-state index in [1.165, 1.54) is 6.42 Å². The van der Waals surface area contributed by atoms with E-state index >= 15 is 0 Å². The number of rotatable bonds is 6. The highest BCUT2D eigenvalue weighted by molar-refractivity contribution is 5.98. The number of nitrogens with one attached hydrogen (secondary N) is 2. The number of aromatic nitrogens is 4. The molecule has 9 nitrogen and oxygen atoms in total. The maximum absolute atomic E-state index is 14.7. The van der Waals surface area contributed by atoms with Crippen LogP contribution in [-0.4, -0.2) is 37.7 Å². The molecule has 5 rings (SSSR count). The summed E-state index contributed by atoms with van der Waals surface area (Å²) in [6.07, 6.45) is 9.67. The molecule has 3 aromatic heterocycles. The van der Waals surface area contributed by atoms with Crippen LogP contribution in [0.2, 0.25) is 0 Å². The van der Waals surface area contributed by atoms with Crippen molar-refractivity contribution >= 4 is 23.2 Å². The minimum absolute atomic E-state index is 0.0447. The van der Waals surface area contributed by atoms with Crippen molar-refractivity contribution < 1.29 is 9.18 Å². The number of anilines is 3. The van der Waals surface area contributed by atoms with Gasteiger partial charge in [0.15, 0.2) is 11.6 Å². The number of carbonyl (C=O) groups excluding carboxylic acids is 1. The number of halogens is 1. The lowest BCUT2D eigenvalue weighted by Crippen LogP contribution is -2.43. The second-order valence-corrected chi connectivity index (χ2v) is 8.23. The van der Waals surface area contributed by atoms with Crippen molar-refractivity contribution in [2.24, 2.45) is 23.3 Å². The van der Waals surface area contributed by atoms with E-state index < -0.39 is 11.7 Å². The first-order chi connectivity index (χ1) is 15.0. The van der Waals surface area contributed by atoms with Crippen molar-refractivity contribution in [3.63, 3.8) is 0 Å². The molecule has 2 aliphatic carbocycles. The first kappa shape index (κ1) is 19.4. The van der Waals surface area contributed by atoms with Gasteiger partial charge in [-0.1, -0.05) is 0 Å². The number of amides is 1. The first-order valence-electron chi connectivity index (χ1n) is 10.2. The van der Waals surface area contributed by atoms with Gasteiger partial charge in [0.2, 0.25) is 0 Å². The highest BCUT2D eigenvalue weighted by Crippen LogP contribution is 2.49. The molecule has 3 heterocycles. The third kappa shape index (κ3) is 3.93. The molecule has 0 saturated heterocycles. The van der Waals surface area contributed by atoms with Gasteiger partial charge in [-0.2, -0.15) is 5.10 Å². The van der Waals surface area contributed by atoms with E-state index in [9.17, 15) is 9.18 Å². The van der Waals surface area contributed by atoms with Crippen LogP contribution < -0.4 is 22.1 Å². The van der Waals surface area contributed by atoms with Crippen molar-refractivity contribution in [3.8, 4) is 5.69 Å². The fourth-order valence-electron chi connectivity index (χ4n) is 4.30. The smallest absolute Gasteiger partial charge is 0.252 e. The van der Waals surface area contributed by atoms with Crippen LogP contribution in [0.25, 0.3) is 5.69 Å². The van der Waals surface area contributed by atoms with Crippen LogP contribution in [0.4, 0.5) is 21.7 Å². The van der Waals surface area contributed by atoms with Gasteiger partial charge in [0.25, 0.3) is 5.91 Å². The van der Waals surface area contributed by atoms with Crippen LogP contribution in [0, 0.1) is 17.7 Å². The summed E-state index contributed by atoms with van der Waals surface area (Å²) in [6.45, 7) is 0. The van der Waals surface area contributed by atoms with Gasteiger partial charge in [0.05, 0.1) is 29.3 Å². The largest absolute Gasteiger partial charge is 0.365 e. The summed E-state index contributed by atoms with van der Waals surface area (Å²) in [4.78, 5) is 20.5. The summed E-state index contributed by atoms with van der Waals surface area (Å²) in [5.74, 6) is 0.112. The Hall–Kier alpha value is -3.53. The molecule has 0 aromatic carbocycles. The van der Waals surface area contributed by atoms with E-state index in [4.69, 9.17) is 11.5 Å². The summed E-state index contributed by atoms with van der Waals surface area (Å²) >= 11 is 0. The minimum Gasteiger partial charge on any atom is -0.365 e. The summed E-state index contributed by atoms with van der Waals surface area (Å²) in [7, 11) is 0. The average molecular weight is 422 g/mol. The Labute approximate surface area is 178 Å². The van der Waals surface area contributed by atoms with Gasteiger partial charge in [0, 0.05) is 24.5 Å². The van der Waals surface area contributed by atoms with E-state index in [0.717, 1.165) is 18.9 Å². The molecule has 0 aliphatic heterocycles. The lowest BCUT2D eigenvalue weighted by atomic mass is 9.91. The van der Waals surface area contributed by atoms with Gasteiger partial charge in [-0.05, 0) is 49.3 Å². The third-order valence-electron chi connectivity index (χ3n) is 6.04. The Morgan fingerprint density at radius 1 is 1.16 bits per heavy atom. The zero-order valence-electron chi connectivity index (χ0n) is 16.7. The SMILES string of the molecule is NC(=O)c1cc(F)c(N[C@@H]2CC3CC3C[C@H]2N)nc1Nc1cncc(-n2cccn2)c1. The molecule has 0 bridgehead atoms. The van der Waals surface area contributed by atoms with E-state index in [2.05, 4.69) is 25.7 Å². The summed E-state index contributed by atoms with van der Waals surface area (Å²) in [5.41, 5.74) is 13.0. The Kier molecular flexibility index (Phi) is 4.78. The Bertz CT molecular complexity index is 1120. The fourth-order valence-corrected chi connectivity index (χ4v) is 4.30. The molecule has 3 aromatic rings. The molecule has 2 saturated carbocycles. The van der Waals surface area contributed by atoms with Crippen LogP contribution >= 0.6 is 0 Å². The molecule has 0 spiro atoms. The lowest BCUT2D eigenvalue weighted by Gasteiger charge is -2.29. The predicted molar refractivity (Wildman–Crippen MR) is 114 cm³/mol. The number of nitrogens with two attached hydrogens (primary N) is 2. The van der Waals surface area contributed by atoms with Crippen LogP contribution in [-0.2, 0) is 0 Å². The second kappa shape index (κ2) is 7.62. The van der Waals surface area contributed by atoms with Crippen molar-refractivity contribution in [3.05, 3.63) is 54.4 Å². The summed E-state index contributed by atoms with van der Waals surface area (Å²) in [5, 5.41) is 10.4. The number of carbonyl (C=O) groups is 1. The molecule has 1 amide bonds. The quantitative estimate of drug-likeness (QED) is 0.478. The van der Waals surface area contributed by atoms with Crippen LogP contribution in [0.15, 0.2) is 43.0 Å². The molecule has 0 radical (unpaired) electrons. The van der Waals surface area contributed by atoms with E-state index in [0.29, 0.717) is 23.2 Å². The fraction of sp³-hybridized carbons (Fsp3) is 0.333. The molecule has 6 N–H and O–H groups in total. The minimum atomic E-state index is -0.785. The number of fused-ring (bicyclic) bond motifs is 1. The second-order valence-electron chi connectivity index (χ2n) is 8.23. The number of hydrogen-bond acceptors (Lipinski definition) is 7. The monoisotopic (exact) mass is 422 g/mol. The van der Waals surface area contributed by atoms with Crippen LogP contribution in [0.3, 0.4) is 0 Å². The van der Waals surface area contributed by atoms with Gasteiger partial charge < -0.3 is 22.1 Å². The number of primary amides is 1. The molecule has 2 fully saturated rings. The maximum Gasteiger partial charge on any atom is 0.252 e. The van der Waals surface area contributed by atoms with Crippen LogP contribution in [0.5, 0.6) is 0 Å². The molecular formula is C21H23FN8O. The lowest BCUT2D eigenvalue weighted by molar-refractivity contribution is 0.100. The highest BCUT2D eigenvalue weighted by atomic mass is 19.1. The summed E-state index contributed by atoms with van der Waals surface area (Å²) < 4.78 is 16.4. The maximum atomic E-state index is 14.7. The number of hydrogen-bond donors (Lipinski definition) is 4. The molecule has 10 heteroatoms. The van der Waals surface area contributed by atoms with E-state index in [1.54, 1.807) is 41.6 Å². The Balaban J connectivity index is 1.44. The summed E-state index contributed by atoms with van der Waals surface area (Å²) in [6, 6.07) is 4.55. The zero-order chi connectivity index (χ0) is 21.5.